The molecule has 4 rings (SSSR count). The fraction of sp³-hybridized carbons (Fsp3) is 0.467. The monoisotopic (exact) mass is 338 g/mol. The van der Waals surface area contributed by atoms with Gasteiger partial charge in [-0.1, -0.05) is 0 Å². The number of aromatic nitrogens is 2. The van der Waals surface area contributed by atoms with Crippen molar-refractivity contribution in [1.82, 2.24) is 15.5 Å². The Labute approximate surface area is 135 Å². The molecule has 1 aliphatic heterocycles. The molecule has 5 nitrogen and oxygen atoms in total. The average molecular weight is 338 g/mol. The third-order valence-corrected chi connectivity index (χ3v) is 5.76. The molecule has 2 aliphatic rings. The van der Waals surface area contributed by atoms with Crippen LogP contribution in [0.2, 0.25) is 0 Å². The highest BCUT2D eigenvalue weighted by atomic mass is 32.1. The standard InChI is InChI=1S/C15H16F2N4OS/c1-8-9(7-18-21-8)11-6-10-12(23-11)13(22)20-15(19-10)4-2-14(16,17)3-5-15/h6-7,19H,2-5H2,1H3,(H,18,21)(H,20,22). The number of hydrogen-bond acceptors (Lipinski definition) is 4. The number of fused-ring (bicyclic) bond motifs is 1. The Hall–Kier alpha value is -1.96. The Bertz CT molecular complexity index is 772. The van der Waals surface area contributed by atoms with Gasteiger partial charge < -0.3 is 10.6 Å². The number of nitrogens with one attached hydrogen (secondary N) is 3. The number of carbonyl (C=O) groups excluding carboxylic acids is 1. The van der Waals surface area contributed by atoms with Gasteiger partial charge in [0.15, 0.2) is 0 Å². The molecule has 122 valence electrons. The van der Waals surface area contributed by atoms with Crippen molar-refractivity contribution >= 4 is 22.9 Å². The van der Waals surface area contributed by atoms with Crippen molar-refractivity contribution in [2.75, 3.05) is 5.32 Å². The number of anilines is 1. The van der Waals surface area contributed by atoms with Crippen molar-refractivity contribution in [2.24, 2.45) is 0 Å². The minimum absolute atomic E-state index is 0.193. The van der Waals surface area contributed by atoms with E-state index < -0.39 is 11.6 Å². The summed E-state index contributed by atoms with van der Waals surface area (Å²) in [6.45, 7) is 1.92. The molecule has 2 aromatic rings. The topological polar surface area (TPSA) is 69.8 Å². The molecule has 1 fully saturated rings. The predicted molar refractivity (Wildman–Crippen MR) is 83.9 cm³/mol. The average Bonchev–Trinajstić information content (AvgIpc) is 3.09. The summed E-state index contributed by atoms with van der Waals surface area (Å²) in [7, 11) is 0. The highest BCUT2D eigenvalue weighted by molar-refractivity contribution is 7.18. The maximum atomic E-state index is 13.4. The van der Waals surface area contributed by atoms with E-state index in [-0.39, 0.29) is 31.6 Å². The van der Waals surface area contributed by atoms with Crippen molar-refractivity contribution in [3.8, 4) is 10.4 Å². The summed E-state index contributed by atoms with van der Waals surface area (Å²) in [6, 6.07) is 1.91. The summed E-state index contributed by atoms with van der Waals surface area (Å²) < 4.78 is 26.8. The lowest BCUT2D eigenvalue weighted by atomic mass is 9.85. The summed E-state index contributed by atoms with van der Waals surface area (Å²) in [6.07, 6.45) is 1.74. The van der Waals surface area contributed by atoms with Crippen molar-refractivity contribution in [1.29, 1.82) is 0 Å². The first-order chi connectivity index (χ1) is 10.9. The second-order valence-electron chi connectivity index (χ2n) is 6.28. The number of rotatable bonds is 1. The van der Waals surface area contributed by atoms with Gasteiger partial charge in [0, 0.05) is 29.0 Å². The zero-order valence-electron chi connectivity index (χ0n) is 12.5. The molecular formula is C15H16F2N4OS. The molecule has 1 aliphatic carbocycles. The van der Waals surface area contributed by atoms with E-state index >= 15 is 0 Å². The fourth-order valence-corrected chi connectivity index (χ4v) is 4.32. The largest absolute Gasteiger partial charge is 0.361 e. The number of carbonyl (C=O) groups is 1. The molecule has 0 saturated heterocycles. The zero-order chi connectivity index (χ0) is 16.2. The predicted octanol–water partition coefficient (Wildman–Crippen LogP) is 3.51. The molecule has 1 saturated carbocycles. The van der Waals surface area contributed by atoms with Crippen LogP contribution in [0.1, 0.15) is 41.0 Å². The normalized spacial score (nSPS) is 21.6. The maximum absolute atomic E-state index is 13.4. The van der Waals surface area contributed by atoms with Gasteiger partial charge in [-0.25, -0.2) is 8.78 Å². The number of amides is 1. The molecule has 0 unspecified atom stereocenters. The SMILES string of the molecule is Cc1[nH]ncc1-c1cc2c(s1)C(=O)NC1(CCC(F)(F)CC1)N2. The molecule has 2 aromatic heterocycles. The third-order valence-electron chi connectivity index (χ3n) is 4.60. The molecule has 8 heteroatoms. The van der Waals surface area contributed by atoms with Gasteiger partial charge >= 0.3 is 0 Å². The van der Waals surface area contributed by atoms with Crippen LogP contribution in [0.3, 0.4) is 0 Å². The Kier molecular flexibility index (Phi) is 3.03. The van der Waals surface area contributed by atoms with E-state index in [2.05, 4.69) is 20.8 Å². The minimum Gasteiger partial charge on any atom is -0.361 e. The van der Waals surface area contributed by atoms with Gasteiger partial charge in [0.2, 0.25) is 5.92 Å². The molecule has 23 heavy (non-hydrogen) atoms. The van der Waals surface area contributed by atoms with E-state index in [0.29, 0.717) is 4.88 Å². The molecule has 3 heterocycles. The van der Waals surface area contributed by atoms with Crippen LogP contribution in [0, 0.1) is 6.92 Å². The van der Waals surface area contributed by atoms with Crippen molar-refractivity contribution in [3.63, 3.8) is 0 Å². The number of hydrogen-bond donors (Lipinski definition) is 3. The molecule has 0 aromatic carbocycles. The van der Waals surface area contributed by atoms with Gasteiger partial charge in [0.05, 0.1) is 11.9 Å². The fourth-order valence-electron chi connectivity index (χ4n) is 3.24. The van der Waals surface area contributed by atoms with Crippen LogP contribution in [0.15, 0.2) is 12.3 Å². The van der Waals surface area contributed by atoms with E-state index in [4.69, 9.17) is 0 Å². The molecule has 0 atom stereocenters. The number of aromatic amines is 1. The van der Waals surface area contributed by atoms with Gasteiger partial charge in [0.1, 0.15) is 10.5 Å². The van der Waals surface area contributed by atoms with Crippen LogP contribution in [0.4, 0.5) is 14.5 Å². The molecular weight excluding hydrogens is 322 g/mol. The second-order valence-corrected chi connectivity index (χ2v) is 7.33. The van der Waals surface area contributed by atoms with Gasteiger partial charge in [-0.3, -0.25) is 9.89 Å². The number of H-pyrrole nitrogens is 1. The highest BCUT2D eigenvalue weighted by Crippen LogP contribution is 2.44. The van der Waals surface area contributed by atoms with Crippen molar-refractivity contribution in [3.05, 3.63) is 22.8 Å². The number of nitrogens with zero attached hydrogens (tertiary/aromatic N) is 1. The number of aryl methyl sites for hydroxylation is 1. The van der Waals surface area contributed by atoms with Crippen LogP contribution in [-0.4, -0.2) is 27.7 Å². The zero-order valence-corrected chi connectivity index (χ0v) is 13.3. The molecule has 3 N–H and O–H groups in total. The van der Waals surface area contributed by atoms with Gasteiger partial charge in [0.25, 0.3) is 5.91 Å². The molecule has 0 radical (unpaired) electrons. The van der Waals surface area contributed by atoms with Crippen LogP contribution in [0.25, 0.3) is 10.4 Å². The number of thiophene rings is 1. The number of alkyl halides is 2. The number of halogens is 2. The van der Waals surface area contributed by atoms with Crippen LogP contribution < -0.4 is 10.6 Å². The highest BCUT2D eigenvalue weighted by Gasteiger charge is 2.47. The van der Waals surface area contributed by atoms with Gasteiger partial charge in [-0.15, -0.1) is 11.3 Å². The summed E-state index contributed by atoms with van der Waals surface area (Å²) in [5.41, 5.74) is 1.84. The third kappa shape index (κ3) is 2.41. The lowest BCUT2D eigenvalue weighted by molar-refractivity contribution is -0.0512. The first kappa shape index (κ1) is 14.6. The smallest absolute Gasteiger partial charge is 0.265 e. The van der Waals surface area contributed by atoms with Crippen molar-refractivity contribution in [2.45, 2.75) is 44.2 Å². The summed E-state index contributed by atoms with van der Waals surface area (Å²) in [5, 5.41) is 13.1. The van der Waals surface area contributed by atoms with Gasteiger partial charge in [-0.05, 0) is 25.8 Å². The lowest BCUT2D eigenvalue weighted by Gasteiger charge is -2.44. The first-order valence-electron chi connectivity index (χ1n) is 7.50. The lowest BCUT2D eigenvalue weighted by Crippen LogP contribution is -2.59. The van der Waals surface area contributed by atoms with Crippen LogP contribution in [0.5, 0.6) is 0 Å². The van der Waals surface area contributed by atoms with E-state index in [9.17, 15) is 13.6 Å². The summed E-state index contributed by atoms with van der Waals surface area (Å²) in [4.78, 5) is 14.0. The maximum Gasteiger partial charge on any atom is 0.265 e. The van der Waals surface area contributed by atoms with Crippen molar-refractivity contribution < 1.29 is 13.6 Å². The Morgan fingerprint density at radius 3 is 2.61 bits per heavy atom. The van der Waals surface area contributed by atoms with E-state index in [1.54, 1.807) is 6.20 Å². The van der Waals surface area contributed by atoms with Crippen LogP contribution in [-0.2, 0) is 0 Å². The summed E-state index contributed by atoms with van der Waals surface area (Å²) in [5.74, 6) is -2.83. The summed E-state index contributed by atoms with van der Waals surface area (Å²) >= 11 is 1.38. The molecule has 1 spiro atoms. The van der Waals surface area contributed by atoms with E-state index in [1.807, 2.05) is 13.0 Å². The molecule has 0 bridgehead atoms. The minimum atomic E-state index is -2.63. The Morgan fingerprint density at radius 2 is 1.96 bits per heavy atom. The second kappa shape index (κ2) is 4.77. The Morgan fingerprint density at radius 1 is 1.22 bits per heavy atom. The van der Waals surface area contributed by atoms with Crippen LogP contribution >= 0.6 is 11.3 Å². The Balaban J connectivity index is 1.66. The van der Waals surface area contributed by atoms with Gasteiger partial charge in [-0.2, -0.15) is 5.10 Å². The van der Waals surface area contributed by atoms with E-state index in [0.717, 1.165) is 21.8 Å². The molecule has 1 amide bonds. The van der Waals surface area contributed by atoms with E-state index in [1.165, 1.54) is 11.3 Å². The quantitative estimate of drug-likeness (QED) is 0.745. The first-order valence-corrected chi connectivity index (χ1v) is 8.32.